The van der Waals surface area contributed by atoms with E-state index in [9.17, 15) is 0 Å². The van der Waals surface area contributed by atoms with Crippen LogP contribution < -0.4 is 5.73 Å². The summed E-state index contributed by atoms with van der Waals surface area (Å²) in [5, 5.41) is 0. The molecule has 4 heteroatoms. The molecule has 2 aliphatic heterocycles. The molecule has 0 aromatic carbocycles. The molecule has 3 aliphatic rings. The van der Waals surface area contributed by atoms with Crippen molar-refractivity contribution in [3.8, 4) is 0 Å². The maximum Gasteiger partial charge on any atom is 0.0697 e. The van der Waals surface area contributed by atoms with E-state index < -0.39 is 0 Å². The molecular formula is C17H32N2OS. The summed E-state index contributed by atoms with van der Waals surface area (Å²) in [6, 6.07) is 0.759. The van der Waals surface area contributed by atoms with Crippen molar-refractivity contribution >= 4 is 11.8 Å². The van der Waals surface area contributed by atoms with Crippen molar-refractivity contribution in [3.63, 3.8) is 0 Å². The van der Waals surface area contributed by atoms with E-state index in [0.29, 0.717) is 4.75 Å². The Labute approximate surface area is 134 Å². The highest BCUT2D eigenvalue weighted by Crippen LogP contribution is 2.41. The van der Waals surface area contributed by atoms with Gasteiger partial charge in [-0.25, -0.2) is 0 Å². The first-order valence-electron chi connectivity index (χ1n) is 8.84. The SMILES string of the molecule is CSC1(CN)CCN(C2CCOC3(CCCCC3)C2)CC1. The van der Waals surface area contributed by atoms with E-state index in [2.05, 4.69) is 11.2 Å². The monoisotopic (exact) mass is 312 g/mol. The number of nitrogens with zero attached hydrogens (tertiary/aromatic N) is 1. The lowest BCUT2D eigenvalue weighted by Gasteiger charge is -2.49. The molecule has 1 spiro atoms. The van der Waals surface area contributed by atoms with E-state index in [1.54, 1.807) is 0 Å². The van der Waals surface area contributed by atoms with Crippen LogP contribution in [0.5, 0.6) is 0 Å². The number of piperidine rings is 1. The van der Waals surface area contributed by atoms with Crippen molar-refractivity contribution in [1.29, 1.82) is 0 Å². The quantitative estimate of drug-likeness (QED) is 0.869. The fourth-order valence-electron chi connectivity index (χ4n) is 4.65. The van der Waals surface area contributed by atoms with Crippen LogP contribution in [0.1, 0.15) is 57.8 Å². The Balaban J connectivity index is 1.57. The average Bonchev–Trinajstić information content (AvgIpc) is 2.56. The number of rotatable bonds is 3. The minimum Gasteiger partial charge on any atom is -0.375 e. The third kappa shape index (κ3) is 3.44. The third-order valence-electron chi connectivity index (χ3n) is 6.26. The second-order valence-electron chi connectivity index (χ2n) is 7.37. The Bertz CT molecular complexity index is 324. The van der Waals surface area contributed by atoms with Crippen LogP contribution in [0, 0.1) is 0 Å². The Hall–Kier alpha value is 0.230. The highest BCUT2D eigenvalue weighted by Gasteiger charge is 2.42. The van der Waals surface area contributed by atoms with Gasteiger partial charge in [0.15, 0.2) is 0 Å². The summed E-state index contributed by atoms with van der Waals surface area (Å²) < 4.78 is 6.61. The molecule has 1 unspecified atom stereocenters. The standard InChI is InChI=1S/C17H32N2OS/c1-21-17(14-18)8-10-19(11-9-17)15-5-12-20-16(13-15)6-3-2-4-7-16/h15H,2-14,18H2,1H3. The highest BCUT2D eigenvalue weighted by atomic mass is 32.2. The van der Waals surface area contributed by atoms with Crippen molar-refractivity contribution in [2.75, 3.05) is 32.5 Å². The van der Waals surface area contributed by atoms with E-state index in [1.807, 2.05) is 11.8 Å². The van der Waals surface area contributed by atoms with E-state index in [-0.39, 0.29) is 5.60 Å². The number of thioether (sulfide) groups is 1. The number of hydrogen-bond acceptors (Lipinski definition) is 4. The minimum atomic E-state index is 0.239. The fourth-order valence-corrected chi connectivity index (χ4v) is 5.40. The van der Waals surface area contributed by atoms with Crippen molar-refractivity contribution in [1.82, 2.24) is 4.90 Å². The summed E-state index contributed by atoms with van der Waals surface area (Å²) in [4.78, 5) is 2.75. The largest absolute Gasteiger partial charge is 0.375 e. The summed E-state index contributed by atoms with van der Waals surface area (Å²) in [5.74, 6) is 0. The molecule has 0 aromatic heterocycles. The summed E-state index contributed by atoms with van der Waals surface area (Å²) in [6.07, 6.45) is 14.0. The molecule has 21 heavy (non-hydrogen) atoms. The first-order valence-corrected chi connectivity index (χ1v) is 10.1. The highest BCUT2D eigenvalue weighted by molar-refractivity contribution is 8.00. The van der Waals surface area contributed by atoms with Gasteiger partial charge in [-0.2, -0.15) is 11.8 Å². The van der Waals surface area contributed by atoms with Crippen LogP contribution in [0.4, 0.5) is 0 Å². The van der Waals surface area contributed by atoms with E-state index in [0.717, 1.165) is 19.2 Å². The summed E-state index contributed by atoms with van der Waals surface area (Å²) in [5.41, 5.74) is 6.26. The molecule has 3 rings (SSSR count). The van der Waals surface area contributed by atoms with Gasteiger partial charge in [-0.05, 0) is 57.9 Å². The molecule has 0 amide bonds. The van der Waals surface area contributed by atoms with Gasteiger partial charge in [-0.15, -0.1) is 0 Å². The lowest BCUT2D eigenvalue weighted by Crippen LogP contribution is -2.54. The van der Waals surface area contributed by atoms with Gasteiger partial charge >= 0.3 is 0 Å². The Morgan fingerprint density at radius 1 is 1.14 bits per heavy atom. The number of ether oxygens (including phenoxy) is 1. The predicted molar refractivity (Wildman–Crippen MR) is 90.9 cm³/mol. The van der Waals surface area contributed by atoms with Crippen molar-refractivity contribution in [2.24, 2.45) is 5.73 Å². The smallest absolute Gasteiger partial charge is 0.0697 e. The maximum absolute atomic E-state index is 6.26. The molecule has 2 heterocycles. The van der Waals surface area contributed by atoms with E-state index in [1.165, 1.54) is 70.9 Å². The first kappa shape index (κ1) is 16.1. The van der Waals surface area contributed by atoms with Crippen LogP contribution in [0.15, 0.2) is 0 Å². The van der Waals surface area contributed by atoms with Gasteiger partial charge in [0.1, 0.15) is 0 Å². The normalized spacial score (nSPS) is 33.1. The molecule has 1 aliphatic carbocycles. The molecule has 1 atom stereocenters. The summed E-state index contributed by atoms with van der Waals surface area (Å²) in [6.45, 7) is 4.28. The van der Waals surface area contributed by atoms with Gasteiger partial charge < -0.3 is 15.4 Å². The lowest BCUT2D eigenvalue weighted by atomic mass is 9.77. The molecule has 0 bridgehead atoms. The van der Waals surface area contributed by atoms with Crippen LogP contribution in [0.2, 0.25) is 0 Å². The second kappa shape index (κ2) is 6.77. The zero-order chi connectivity index (χ0) is 14.8. The Morgan fingerprint density at radius 3 is 2.48 bits per heavy atom. The van der Waals surface area contributed by atoms with Gasteiger partial charge in [-0.3, -0.25) is 0 Å². The number of nitrogens with two attached hydrogens (primary N) is 1. The average molecular weight is 313 g/mol. The molecular weight excluding hydrogens is 280 g/mol. The third-order valence-corrected chi connectivity index (χ3v) is 7.70. The summed E-state index contributed by atoms with van der Waals surface area (Å²) >= 11 is 1.99. The van der Waals surface area contributed by atoms with Gasteiger partial charge in [0.2, 0.25) is 0 Å². The maximum atomic E-state index is 6.26. The van der Waals surface area contributed by atoms with Gasteiger partial charge in [0.05, 0.1) is 5.60 Å². The van der Waals surface area contributed by atoms with Crippen LogP contribution in [-0.2, 0) is 4.74 Å². The lowest BCUT2D eigenvalue weighted by molar-refractivity contribution is -0.126. The Kier molecular flexibility index (Phi) is 5.19. The van der Waals surface area contributed by atoms with Crippen molar-refractivity contribution < 1.29 is 4.74 Å². The number of likely N-dealkylation sites (tertiary alicyclic amines) is 1. The van der Waals surface area contributed by atoms with Gasteiger partial charge in [0.25, 0.3) is 0 Å². The van der Waals surface area contributed by atoms with Crippen LogP contribution in [0.25, 0.3) is 0 Å². The molecule has 2 saturated heterocycles. The van der Waals surface area contributed by atoms with Crippen LogP contribution in [0.3, 0.4) is 0 Å². The molecule has 3 fully saturated rings. The van der Waals surface area contributed by atoms with Crippen LogP contribution in [-0.4, -0.2) is 53.8 Å². The first-order chi connectivity index (χ1) is 10.2. The zero-order valence-corrected chi connectivity index (χ0v) is 14.4. The van der Waals surface area contributed by atoms with Crippen LogP contribution >= 0.6 is 11.8 Å². The van der Waals surface area contributed by atoms with Gasteiger partial charge in [0, 0.05) is 23.9 Å². The van der Waals surface area contributed by atoms with E-state index in [4.69, 9.17) is 10.5 Å². The van der Waals surface area contributed by atoms with Crippen molar-refractivity contribution in [2.45, 2.75) is 74.2 Å². The molecule has 0 radical (unpaired) electrons. The van der Waals surface area contributed by atoms with Crippen molar-refractivity contribution in [3.05, 3.63) is 0 Å². The molecule has 0 aromatic rings. The topological polar surface area (TPSA) is 38.5 Å². The van der Waals surface area contributed by atoms with E-state index >= 15 is 0 Å². The summed E-state index contributed by atoms with van der Waals surface area (Å²) in [7, 11) is 0. The molecule has 1 saturated carbocycles. The molecule has 122 valence electrons. The molecule has 2 N–H and O–H groups in total. The second-order valence-corrected chi connectivity index (χ2v) is 8.64. The minimum absolute atomic E-state index is 0.239. The zero-order valence-electron chi connectivity index (χ0n) is 13.6. The predicted octanol–water partition coefficient (Wildman–Crippen LogP) is 3.02. The fraction of sp³-hybridized carbons (Fsp3) is 1.00. The van der Waals surface area contributed by atoms with Gasteiger partial charge in [-0.1, -0.05) is 19.3 Å². The number of hydrogen-bond donors (Lipinski definition) is 1. The Morgan fingerprint density at radius 2 is 1.86 bits per heavy atom. The molecule has 3 nitrogen and oxygen atoms in total.